The van der Waals surface area contributed by atoms with Crippen molar-refractivity contribution in [1.82, 2.24) is 25.3 Å². The Labute approximate surface area is 203 Å². The standard InChI is InChI=1S/C27H28N6O2/c34-26(23-13-12-20(18-33-16-15-30-32-33)21-9-4-5-10-22(21)23)31-24-11-6-14-28-25(24)27(35)29-17-19-7-2-1-3-8-19/h4-6,9-16,19H,1-3,7-8,17-18H2,(H,29,35)(H,31,34). The van der Waals surface area contributed by atoms with Crippen molar-refractivity contribution in [3.63, 3.8) is 0 Å². The van der Waals surface area contributed by atoms with Crippen LogP contribution in [0.3, 0.4) is 0 Å². The van der Waals surface area contributed by atoms with Crippen LogP contribution < -0.4 is 10.6 Å². The monoisotopic (exact) mass is 468 g/mol. The van der Waals surface area contributed by atoms with Crippen LogP contribution in [0.2, 0.25) is 0 Å². The molecule has 5 rings (SSSR count). The Hall–Kier alpha value is -4.07. The minimum Gasteiger partial charge on any atom is -0.350 e. The lowest BCUT2D eigenvalue weighted by molar-refractivity contribution is 0.0939. The van der Waals surface area contributed by atoms with Gasteiger partial charge in [0.25, 0.3) is 11.8 Å². The van der Waals surface area contributed by atoms with Crippen LogP contribution >= 0.6 is 0 Å². The van der Waals surface area contributed by atoms with E-state index in [1.807, 2.05) is 36.4 Å². The second-order valence-electron chi connectivity index (χ2n) is 8.99. The van der Waals surface area contributed by atoms with Crippen molar-refractivity contribution in [3.05, 3.63) is 83.9 Å². The second-order valence-corrected chi connectivity index (χ2v) is 8.99. The van der Waals surface area contributed by atoms with Gasteiger partial charge in [0.2, 0.25) is 0 Å². The Bertz CT molecular complexity index is 1330. The average molecular weight is 469 g/mol. The van der Waals surface area contributed by atoms with Gasteiger partial charge < -0.3 is 10.6 Å². The first-order valence-electron chi connectivity index (χ1n) is 12.1. The van der Waals surface area contributed by atoms with E-state index in [1.165, 1.54) is 19.3 Å². The van der Waals surface area contributed by atoms with Gasteiger partial charge in [-0.3, -0.25) is 9.59 Å². The van der Waals surface area contributed by atoms with Crippen molar-refractivity contribution >= 4 is 28.3 Å². The molecule has 1 saturated carbocycles. The summed E-state index contributed by atoms with van der Waals surface area (Å²) >= 11 is 0. The van der Waals surface area contributed by atoms with Crippen LogP contribution in [0.15, 0.2) is 67.1 Å². The summed E-state index contributed by atoms with van der Waals surface area (Å²) in [6.07, 6.45) is 11.0. The first kappa shape index (κ1) is 22.7. The second kappa shape index (κ2) is 10.5. The van der Waals surface area contributed by atoms with Crippen molar-refractivity contribution < 1.29 is 9.59 Å². The Balaban J connectivity index is 1.35. The first-order valence-corrected chi connectivity index (χ1v) is 12.1. The Morgan fingerprint density at radius 1 is 0.914 bits per heavy atom. The number of anilines is 1. The number of nitrogens with zero attached hydrogens (tertiary/aromatic N) is 4. The molecule has 0 atom stereocenters. The molecule has 35 heavy (non-hydrogen) atoms. The summed E-state index contributed by atoms with van der Waals surface area (Å²) in [4.78, 5) is 30.5. The Kier molecular flexibility index (Phi) is 6.79. The molecule has 1 aliphatic rings. The lowest BCUT2D eigenvalue weighted by Gasteiger charge is -2.21. The van der Waals surface area contributed by atoms with Gasteiger partial charge in [-0.2, -0.15) is 0 Å². The molecule has 0 bridgehead atoms. The van der Waals surface area contributed by atoms with Crippen molar-refractivity contribution in [3.8, 4) is 0 Å². The quantitative estimate of drug-likeness (QED) is 0.418. The first-order chi connectivity index (χ1) is 17.2. The van der Waals surface area contributed by atoms with Gasteiger partial charge in [0.1, 0.15) is 0 Å². The number of amides is 2. The molecule has 0 aliphatic heterocycles. The van der Waals surface area contributed by atoms with E-state index >= 15 is 0 Å². The predicted octanol–water partition coefficient (Wildman–Crippen LogP) is 4.44. The van der Waals surface area contributed by atoms with Crippen LogP contribution in [0.1, 0.15) is 58.5 Å². The average Bonchev–Trinajstić information content (AvgIpc) is 3.41. The number of carbonyl (C=O) groups is 2. The normalized spacial score (nSPS) is 14.1. The lowest BCUT2D eigenvalue weighted by Crippen LogP contribution is -2.31. The third kappa shape index (κ3) is 5.21. The highest BCUT2D eigenvalue weighted by molar-refractivity contribution is 6.15. The number of fused-ring (bicyclic) bond motifs is 1. The molecule has 8 heteroatoms. The van der Waals surface area contributed by atoms with Crippen LogP contribution in [0.4, 0.5) is 5.69 Å². The zero-order valence-electron chi connectivity index (χ0n) is 19.5. The summed E-state index contributed by atoms with van der Waals surface area (Å²) in [5.41, 5.74) is 2.19. The molecule has 2 aromatic heterocycles. The van der Waals surface area contributed by atoms with Crippen molar-refractivity contribution in [1.29, 1.82) is 0 Å². The van der Waals surface area contributed by atoms with Crippen LogP contribution in [0, 0.1) is 5.92 Å². The van der Waals surface area contributed by atoms with E-state index in [2.05, 4.69) is 25.9 Å². The van der Waals surface area contributed by atoms with E-state index in [0.717, 1.165) is 29.2 Å². The number of hydrogen-bond donors (Lipinski definition) is 2. The summed E-state index contributed by atoms with van der Waals surface area (Å²) in [6.45, 7) is 1.19. The molecular weight excluding hydrogens is 440 g/mol. The number of rotatable bonds is 7. The highest BCUT2D eigenvalue weighted by Gasteiger charge is 2.20. The molecule has 2 heterocycles. The number of pyridine rings is 1. The molecule has 0 unspecified atom stereocenters. The van der Waals surface area contributed by atoms with E-state index in [-0.39, 0.29) is 17.5 Å². The third-order valence-electron chi connectivity index (χ3n) is 6.61. The molecule has 4 aromatic rings. The van der Waals surface area contributed by atoms with Gasteiger partial charge in [0.05, 0.1) is 18.4 Å². The van der Waals surface area contributed by atoms with Gasteiger partial charge >= 0.3 is 0 Å². The molecule has 1 aliphatic carbocycles. The van der Waals surface area contributed by atoms with Crippen molar-refractivity contribution in [2.75, 3.05) is 11.9 Å². The predicted molar refractivity (Wildman–Crippen MR) is 134 cm³/mol. The number of hydrogen-bond acceptors (Lipinski definition) is 5. The van der Waals surface area contributed by atoms with E-state index in [9.17, 15) is 9.59 Å². The molecule has 1 fully saturated rings. The highest BCUT2D eigenvalue weighted by Crippen LogP contribution is 2.26. The molecule has 2 amide bonds. The van der Waals surface area contributed by atoms with Crippen LogP contribution in [-0.4, -0.2) is 38.3 Å². The number of nitrogens with one attached hydrogen (secondary N) is 2. The van der Waals surface area contributed by atoms with Crippen molar-refractivity contribution in [2.45, 2.75) is 38.6 Å². The van der Waals surface area contributed by atoms with E-state index in [4.69, 9.17) is 0 Å². The fourth-order valence-corrected chi connectivity index (χ4v) is 4.78. The Morgan fingerprint density at radius 3 is 2.54 bits per heavy atom. The van der Waals surface area contributed by atoms with Gasteiger partial charge in [0, 0.05) is 24.5 Å². The van der Waals surface area contributed by atoms with E-state index in [1.54, 1.807) is 35.4 Å². The summed E-state index contributed by atoms with van der Waals surface area (Å²) in [7, 11) is 0. The number of aromatic nitrogens is 4. The Morgan fingerprint density at radius 2 is 1.74 bits per heavy atom. The zero-order valence-corrected chi connectivity index (χ0v) is 19.5. The third-order valence-corrected chi connectivity index (χ3v) is 6.61. The van der Waals surface area contributed by atoms with Crippen LogP contribution in [-0.2, 0) is 6.54 Å². The molecule has 0 radical (unpaired) electrons. The number of benzene rings is 2. The molecule has 0 spiro atoms. The maximum absolute atomic E-state index is 13.3. The minimum atomic E-state index is -0.289. The van der Waals surface area contributed by atoms with Gasteiger partial charge in [-0.05, 0) is 53.3 Å². The molecule has 2 N–H and O–H groups in total. The lowest BCUT2D eigenvalue weighted by atomic mass is 9.89. The van der Waals surface area contributed by atoms with E-state index < -0.39 is 0 Å². The summed E-state index contributed by atoms with van der Waals surface area (Å²) < 4.78 is 1.75. The molecular formula is C27H28N6O2. The highest BCUT2D eigenvalue weighted by atomic mass is 16.2. The fraction of sp³-hybridized carbons (Fsp3) is 0.296. The van der Waals surface area contributed by atoms with Gasteiger partial charge in [-0.15, -0.1) is 5.10 Å². The van der Waals surface area contributed by atoms with Gasteiger partial charge in [-0.1, -0.05) is 54.8 Å². The van der Waals surface area contributed by atoms with Crippen LogP contribution in [0.5, 0.6) is 0 Å². The largest absolute Gasteiger partial charge is 0.350 e. The van der Waals surface area contributed by atoms with Crippen LogP contribution in [0.25, 0.3) is 10.8 Å². The van der Waals surface area contributed by atoms with E-state index in [0.29, 0.717) is 30.3 Å². The molecule has 178 valence electrons. The summed E-state index contributed by atoms with van der Waals surface area (Å²) in [6, 6.07) is 14.9. The van der Waals surface area contributed by atoms with Gasteiger partial charge in [0.15, 0.2) is 5.69 Å². The number of carbonyl (C=O) groups excluding carboxylic acids is 2. The summed E-state index contributed by atoms with van der Waals surface area (Å²) in [5.74, 6) is -0.0424. The minimum absolute atomic E-state index is 0.226. The zero-order chi connectivity index (χ0) is 24.0. The molecule has 2 aromatic carbocycles. The van der Waals surface area contributed by atoms with Crippen molar-refractivity contribution in [2.24, 2.45) is 5.92 Å². The fourth-order valence-electron chi connectivity index (χ4n) is 4.78. The molecule has 0 saturated heterocycles. The maximum atomic E-state index is 13.3. The summed E-state index contributed by atoms with van der Waals surface area (Å²) in [5, 5.41) is 15.6. The maximum Gasteiger partial charge on any atom is 0.272 e. The molecule has 8 nitrogen and oxygen atoms in total. The van der Waals surface area contributed by atoms with Gasteiger partial charge in [-0.25, -0.2) is 9.67 Å². The topological polar surface area (TPSA) is 102 Å². The SMILES string of the molecule is O=C(NCC1CCCCC1)c1ncccc1NC(=O)c1ccc(Cn2ccnn2)c2ccccc12. The smallest absolute Gasteiger partial charge is 0.272 e.